The maximum atomic E-state index is 5.34. The molecule has 4 heteroatoms. The maximum absolute atomic E-state index is 5.34. The average Bonchev–Trinajstić information content (AvgIpc) is 3.58. The predicted molar refractivity (Wildman–Crippen MR) is 217 cm³/mol. The van der Waals surface area contributed by atoms with Crippen molar-refractivity contribution >= 4 is 85.6 Å². The summed E-state index contributed by atoms with van der Waals surface area (Å²) >= 11 is 1.83. The minimum absolute atomic E-state index is 0.629. The maximum Gasteiger partial charge on any atom is 0.179 e. The molecule has 11 rings (SSSR count). The van der Waals surface area contributed by atoms with Crippen LogP contribution in [0.3, 0.4) is 0 Å². The average molecular weight is 666 g/mol. The number of pyridine rings is 1. The third-order valence-electron chi connectivity index (χ3n) is 10.2. The monoisotopic (exact) mass is 665 g/mol. The molecule has 0 spiro atoms. The first kappa shape index (κ1) is 28.4. The van der Waals surface area contributed by atoms with Crippen LogP contribution in [0.4, 0.5) is 0 Å². The first-order chi connectivity index (χ1) is 25.2. The SMILES string of the molecule is c1ccc2cc(-c3ccc4cc(-c5nc(-c6nc7ccc8sc9ccccc9c8c7c7ccccc67)nc6ccccc56)ccc4c3)ccc2c1. The number of para-hydroxylation sites is 1. The van der Waals surface area contributed by atoms with Crippen molar-refractivity contribution in [2.45, 2.75) is 0 Å². The number of thiophene rings is 1. The number of fused-ring (bicyclic) bond motifs is 10. The molecule has 3 nitrogen and oxygen atoms in total. The van der Waals surface area contributed by atoms with Crippen molar-refractivity contribution in [3.05, 3.63) is 164 Å². The zero-order chi connectivity index (χ0) is 33.5. The summed E-state index contributed by atoms with van der Waals surface area (Å²) in [6.45, 7) is 0. The van der Waals surface area contributed by atoms with E-state index in [1.54, 1.807) is 0 Å². The summed E-state index contributed by atoms with van der Waals surface area (Å²) in [6.07, 6.45) is 0. The minimum Gasteiger partial charge on any atom is -0.244 e. The van der Waals surface area contributed by atoms with Gasteiger partial charge < -0.3 is 0 Å². The Bertz CT molecular complexity index is 3210. The first-order valence-electron chi connectivity index (χ1n) is 17.2. The Kier molecular flexibility index (Phi) is 6.12. The van der Waals surface area contributed by atoms with Crippen LogP contribution in [-0.2, 0) is 0 Å². The molecule has 0 saturated heterocycles. The highest BCUT2D eigenvalue weighted by Crippen LogP contribution is 2.42. The van der Waals surface area contributed by atoms with Gasteiger partial charge in [0.05, 0.1) is 16.7 Å². The Morgan fingerprint density at radius 1 is 0.333 bits per heavy atom. The summed E-state index contributed by atoms with van der Waals surface area (Å²) < 4.78 is 2.56. The van der Waals surface area contributed by atoms with Gasteiger partial charge in [0, 0.05) is 41.9 Å². The normalized spacial score (nSPS) is 11.9. The number of rotatable bonds is 3. The van der Waals surface area contributed by atoms with Crippen LogP contribution in [0.15, 0.2) is 164 Å². The van der Waals surface area contributed by atoms with Gasteiger partial charge in [-0.25, -0.2) is 15.0 Å². The number of hydrogen-bond donors (Lipinski definition) is 0. The molecule has 3 aromatic heterocycles. The zero-order valence-corrected chi connectivity index (χ0v) is 28.2. The van der Waals surface area contributed by atoms with Gasteiger partial charge in [-0.05, 0) is 80.5 Å². The van der Waals surface area contributed by atoms with Gasteiger partial charge in [0.2, 0.25) is 0 Å². The van der Waals surface area contributed by atoms with Crippen molar-refractivity contribution in [3.8, 4) is 33.9 Å². The van der Waals surface area contributed by atoms with Crippen molar-refractivity contribution < 1.29 is 0 Å². The number of nitrogens with zero attached hydrogens (tertiary/aromatic N) is 3. The zero-order valence-electron chi connectivity index (χ0n) is 27.3. The van der Waals surface area contributed by atoms with Gasteiger partial charge in [0.25, 0.3) is 0 Å². The van der Waals surface area contributed by atoms with Crippen molar-refractivity contribution in [3.63, 3.8) is 0 Å². The van der Waals surface area contributed by atoms with Crippen LogP contribution in [0.5, 0.6) is 0 Å². The summed E-state index contributed by atoms with van der Waals surface area (Å²) in [5.74, 6) is 0.629. The van der Waals surface area contributed by atoms with Gasteiger partial charge >= 0.3 is 0 Å². The molecule has 236 valence electrons. The van der Waals surface area contributed by atoms with Gasteiger partial charge in [0.15, 0.2) is 5.82 Å². The Hall–Kier alpha value is -6.49. The van der Waals surface area contributed by atoms with E-state index in [-0.39, 0.29) is 0 Å². The van der Waals surface area contributed by atoms with Crippen LogP contribution >= 0.6 is 11.3 Å². The quantitative estimate of drug-likeness (QED) is 0.176. The summed E-state index contributed by atoms with van der Waals surface area (Å²) in [5.41, 5.74) is 7.02. The number of hydrogen-bond acceptors (Lipinski definition) is 4. The van der Waals surface area contributed by atoms with E-state index < -0.39 is 0 Å². The van der Waals surface area contributed by atoms with Crippen LogP contribution in [0.2, 0.25) is 0 Å². The molecule has 3 heterocycles. The Morgan fingerprint density at radius 3 is 1.76 bits per heavy atom. The molecule has 0 radical (unpaired) electrons. The molecule has 0 fully saturated rings. The third-order valence-corrected chi connectivity index (χ3v) is 11.4. The molecular formula is C47H27N3S. The molecule has 0 bridgehead atoms. The van der Waals surface area contributed by atoms with Gasteiger partial charge in [0.1, 0.15) is 5.69 Å². The molecule has 0 amide bonds. The number of aromatic nitrogens is 3. The Labute approximate surface area is 297 Å². The van der Waals surface area contributed by atoms with Crippen molar-refractivity contribution in [1.82, 2.24) is 15.0 Å². The smallest absolute Gasteiger partial charge is 0.179 e. The van der Waals surface area contributed by atoms with Crippen LogP contribution in [-0.4, -0.2) is 15.0 Å². The second-order valence-electron chi connectivity index (χ2n) is 13.2. The Balaban J connectivity index is 1.09. The molecule has 0 aliphatic carbocycles. The molecule has 0 N–H and O–H groups in total. The first-order valence-corrected chi connectivity index (χ1v) is 18.0. The predicted octanol–water partition coefficient (Wildman–Crippen LogP) is 13.0. The van der Waals surface area contributed by atoms with Crippen LogP contribution in [0, 0.1) is 0 Å². The summed E-state index contributed by atoms with van der Waals surface area (Å²) in [5, 5.41) is 11.8. The van der Waals surface area contributed by atoms with Crippen LogP contribution in [0.25, 0.3) is 108 Å². The van der Waals surface area contributed by atoms with E-state index in [9.17, 15) is 0 Å². The van der Waals surface area contributed by atoms with Crippen LogP contribution < -0.4 is 0 Å². The molecule has 0 aliphatic heterocycles. The van der Waals surface area contributed by atoms with Crippen molar-refractivity contribution in [1.29, 1.82) is 0 Å². The third kappa shape index (κ3) is 4.47. The second kappa shape index (κ2) is 11.0. The highest BCUT2D eigenvalue weighted by atomic mass is 32.1. The van der Waals surface area contributed by atoms with Gasteiger partial charge in [-0.2, -0.15) is 0 Å². The summed E-state index contributed by atoms with van der Waals surface area (Å²) in [7, 11) is 0. The fraction of sp³-hybridized carbons (Fsp3) is 0. The number of benzene rings is 8. The van der Waals surface area contributed by atoms with E-state index in [1.807, 2.05) is 17.4 Å². The van der Waals surface area contributed by atoms with E-state index >= 15 is 0 Å². The fourth-order valence-corrected chi connectivity index (χ4v) is 8.89. The highest BCUT2D eigenvalue weighted by Gasteiger charge is 2.19. The standard InChI is InChI=1S/C47H27N3S/c1-2-10-29-25-30(18-17-28(29)9-1)31-19-20-33-27-34(22-21-32(33)26-31)45-37-13-5-7-15-39(37)49-47(50-45)46-36-12-4-3-11-35(36)43-40(48-46)23-24-42-44(43)38-14-6-8-16-41(38)51-42/h1-27H. The lowest BCUT2D eigenvalue weighted by atomic mass is 9.96. The molecule has 11 aromatic rings. The molecule has 0 saturated carbocycles. The van der Waals surface area contributed by atoms with Crippen molar-refractivity contribution in [2.75, 3.05) is 0 Å². The fourth-order valence-electron chi connectivity index (χ4n) is 7.77. The van der Waals surface area contributed by atoms with Gasteiger partial charge in [-0.3, -0.25) is 0 Å². The molecular weight excluding hydrogens is 639 g/mol. The molecule has 8 aromatic carbocycles. The van der Waals surface area contributed by atoms with E-state index in [4.69, 9.17) is 15.0 Å². The summed E-state index contributed by atoms with van der Waals surface area (Å²) in [6, 6.07) is 58.5. The molecule has 0 aliphatic rings. The lowest BCUT2D eigenvalue weighted by Crippen LogP contribution is -1.98. The van der Waals surface area contributed by atoms with E-state index in [1.165, 1.54) is 58.2 Å². The molecule has 0 unspecified atom stereocenters. The molecule has 51 heavy (non-hydrogen) atoms. The second-order valence-corrected chi connectivity index (χ2v) is 14.3. The minimum atomic E-state index is 0.629. The van der Waals surface area contributed by atoms with E-state index in [2.05, 4.69) is 158 Å². The van der Waals surface area contributed by atoms with Crippen molar-refractivity contribution in [2.24, 2.45) is 0 Å². The van der Waals surface area contributed by atoms with E-state index in [0.29, 0.717) is 5.82 Å². The van der Waals surface area contributed by atoms with Gasteiger partial charge in [-0.1, -0.05) is 121 Å². The van der Waals surface area contributed by atoms with Crippen LogP contribution in [0.1, 0.15) is 0 Å². The lowest BCUT2D eigenvalue weighted by Gasteiger charge is -2.13. The Morgan fingerprint density at radius 2 is 0.941 bits per heavy atom. The summed E-state index contributed by atoms with van der Waals surface area (Å²) in [4.78, 5) is 15.8. The highest BCUT2D eigenvalue weighted by molar-refractivity contribution is 7.26. The topological polar surface area (TPSA) is 38.7 Å². The largest absolute Gasteiger partial charge is 0.244 e. The molecule has 0 atom stereocenters. The van der Waals surface area contributed by atoms with Gasteiger partial charge in [-0.15, -0.1) is 11.3 Å². The lowest BCUT2D eigenvalue weighted by molar-refractivity contribution is 1.20. The van der Waals surface area contributed by atoms with E-state index in [0.717, 1.165) is 44.1 Å².